The van der Waals surface area contributed by atoms with E-state index in [1.807, 2.05) is 42.7 Å². The predicted molar refractivity (Wildman–Crippen MR) is 62.4 cm³/mol. The highest BCUT2D eigenvalue weighted by Gasteiger charge is 2.12. The Hall–Kier alpha value is -1.16. The molecule has 1 unspecified atom stereocenters. The van der Waals surface area contributed by atoms with Gasteiger partial charge in [0.05, 0.1) is 21.8 Å². The van der Waals surface area contributed by atoms with Crippen molar-refractivity contribution >= 4 is 21.8 Å². The molecule has 1 atom stereocenters. The molecule has 4 heteroatoms. The normalized spacial score (nSPS) is 13.2. The quantitative estimate of drug-likeness (QED) is 0.798. The summed E-state index contributed by atoms with van der Waals surface area (Å²) in [5, 5.41) is 0.696. The Balaban J connectivity index is 2.69. The molecule has 0 radical (unpaired) electrons. The lowest BCUT2D eigenvalue weighted by Gasteiger charge is -2.03. The minimum absolute atomic E-state index is 0.614. The number of aryl methyl sites for hydroxylation is 1. The molecule has 0 aliphatic carbocycles. The van der Waals surface area contributed by atoms with E-state index >= 15 is 0 Å². The van der Waals surface area contributed by atoms with E-state index in [4.69, 9.17) is 0 Å². The van der Waals surface area contributed by atoms with Crippen LogP contribution in [0.2, 0.25) is 0 Å². The molecule has 0 N–H and O–H groups in total. The predicted octanol–water partition coefficient (Wildman–Crippen LogP) is 2.18. The van der Waals surface area contributed by atoms with Gasteiger partial charge in [-0.2, -0.15) is 0 Å². The number of hydrogen-bond acceptors (Lipinski definition) is 2. The highest BCUT2D eigenvalue weighted by molar-refractivity contribution is 7.84. The fourth-order valence-electron chi connectivity index (χ4n) is 1.66. The Bertz CT molecular complexity index is 504. The van der Waals surface area contributed by atoms with Gasteiger partial charge in [0, 0.05) is 12.3 Å². The van der Waals surface area contributed by atoms with Gasteiger partial charge in [0.15, 0.2) is 5.16 Å². The molecule has 3 nitrogen and oxygen atoms in total. The van der Waals surface area contributed by atoms with Crippen LogP contribution in [0.1, 0.15) is 13.8 Å². The number of fused-ring (bicyclic) bond motifs is 1. The third-order valence-corrected chi connectivity index (χ3v) is 3.64. The van der Waals surface area contributed by atoms with Gasteiger partial charge in [-0.3, -0.25) is 4.21 Å². The van der Waals surface area contributed by atoms with Gasteiger partial charge in [-0.15, -0.1) is 0 Å². The number of aromatic nitrogens is 2. The molecular weight excluding hydrogens is 208 g/mol. The van der Waals surface area contributed by atoms with Gasteiger partial charge in [0.1, 0.15) is 0 Å². The SMILES string of the molecule is CCn1c(S(=O)CC)nc2ccccc21. The van der Waals surface area contributed by atoms with E-state index in [1.165, 1.54) is 0 Å². The van der Waals surface area contributed by atoms with E-state index < -0.39 is 10.8 Å². The summed E-state index contributed by atoms with van der Waals surface area (Å²) < 4.78 is 13.8. The summed E-state index contributed by atoms with van der Waals surface area (Å²) >= 11 is 0. The topological polar surface area (TPSA) is 34.9 Å². The van der Waals surface area contributed by atoms with Gasteiger partial charge >= 0.3 is 0 Å². The van der Waals surface area contributed by atoms with Gasteiger partial charge in [-0.05, 0) is 19.1 Å². The molecule has 2 rings (SSSR count). The lowest BCUT2D eigenvalue weighted by atomic mass is 10.3. The molecule has 0 aliphatic rings. The Labute approximate surface area is 91.6 Å². The zero-order valence-corrected chi connectivity index (χ0v) is 9.75. The molecule has 1 aromatic heterocycles. The van der Waals surface area contributed by atoms with E-state index in [9.17, 15) is 4.21 Å². The fourth-order valence-corrected chi connectivity index (χ4v) is 2.59. The van der Waals surface area contributed by atoms with Crippen LogP contribution in [0.4, 0.5) is 0 Å². The van der Waals surface area contributed by atoms with Gasteiger partial charge in [-0.1, -0.05) is 19.1 Å². The first-order chi connectivity index (χ1) is 7.27. The maximum Gasteiger partial charge on any atom is 0.200 e. The van der Waals surface area contributed by atoms with Crippen LogP contribution in [0, 0.1) is 0 Å². The smallest absolute Gasteiger partial charge is 0.200 e. The molecule has 0 fully saturated rings. The number of nitrogens with zero attached hydrogens (tertiary/aromatic N) is 2. The van der Waals surface area contributed by atoms with Gasteiger partial charge in [0.2, 0.25) is 0 Å². The first kappa shape index (κ1) is 10.4. The van der Waals surface area contributed by atoms with Crippen molar-refractivity contribution in [2.75, 3.05) is 5.75 Å². The zero-order valence-electron chi connectivity index (χ0n) is 8.93. The summed E-state index contributed by atoms with van der Waals surface area (Å²) in [6.45, 7) is 4.77. The third kappa shape index (κ3) is 1.69. The zero-order chi connectivity index (χ0) is 10.8. The van der Waals surface area contributed by atoms with Crippen molar-refractivity contribution in [3.8, 4) is 0 Å². The second kappa shape index (κ2) is 4.14. The second-order valence-corrected chi connectivity index (χ2v) is 4.90. The van der Waals surface area contributed by atoms with Crippen LogP contribution in [-0.4, -0.2) is 19.5 Å². The van der Waals surface area contributed by atoms with Crippen LogP contribution in [0.25, 0.3) is 11.0 Å². The summed E-state index contributed by atoms with van der Waals surface area (Å²) in [4.78, 5) is 4.42. The summed E-state index contributed by atoms with van der Waals surface area (Å²) in [5.41, 5.74) is 1.99. The van der Waals surface area contributed by atoms with Crippen LogP contribution < -0.4 is 0 Å². The third-order valence-electron chi connectivity index (χ3n) is 2.40. The van der Waals surface area contributed by atoms with Crippen molar-refractivity contribution in [2.45, 2.75) is 25.5 Å². The van der Waals surface area contributed by atoms with E-state index in [-0.39, 0.29) is 0 Å². The molecule has 0 saturated heterocycles. The van der Waals surface area contributed by atoms with Crippen molar-refractivity contribution in [1.82, 2.24) is 9.55 Å². The molecule has 0 aliphatic heterocycles. The Morgan fingerprint density at radius 2 is 2.07 bits per heavy atom. The summed E-state index contributed by atoms with van der Waals surface area (Å²) in [6, 6.07) is 7.91. The largest absolute Gasteiger partial charge is 0.317 e. The average Bonchev–Trinajstić information content (AvgIpc) is 2.66. The van der Waals surface area contributed by atoms with Crippen LogP contribution in [-0.2, 0) is 17.3 Å². The molecule has 0 amide bonds. The molecule has 1 heterocycles. The molecule has 0 bridgehead atoms. The highest BCUT2D eigenvalue weighted by Crippen LogP contribution is 2.18. The van der Waals surface area contributed by atoms with Crippen molar-refractivity contribution in [3.63, 3.8) is 0 Å². The Morgan fingerprint density at radius 1 is 1.33 bits per heavy atom. The monoisotopic (exact) mass is 222 g/mol. The van der Waals surface area contributed by atoms with E-state index in [0.717, 1.165) is 17.6 Å². The lowest BCUT2D eigenvalue weighted by molar-refractivity contribution is 0.649. The van der Waals surface area contributed by atoms with Gasteiger partial charge in [-0.25, -0.2) is 4.98 Å². The number of hydrogen-bond donors (Lipinski definition) is 0. The fraction of sp³-hybridized carbons (Fsp3) is 0.364. The summed E-state index contributed by atoms with van der Waals surface area (Å²) in [7, 11) is -0.983. The molecule has 1 aromatic carbocycles. The van der Waals surface area contributed by atoms with E-state index in [2.05, 4.69) is 4.98 Å². The van der Waals surface area contributed by atoms with Crippen LogP contribution in [0.5, 0.6) is 0 Å². The molecule has 15 heavy (non-hydrogen) atoms. The van der Waals surface area contributed by atoms with Gasteiger partial charge < -0.3 is 4.57 Å². The maximum absolute atomic E-state index is 11.8. The average molecular weight is 222 g/mol. The van der Waals surface area contributed by atoms with Crippen molar-refractivity contribution in [2.24, 2.45) is 0 Å². The number of rotatable bonds is 3. The first-order valence-electron chi connectivity index (χ1n) is 5.11. The number of benzene rings is 1. The number of para-hydroxylation sites is 2. The minimum Gasteiger partial charge on any atom is -0.317 e. The van der Waals surface area contributed by atoms with E-state index in [1.54, 1.807) is 0 Å². The molecular formula is C11H14N2OS. The van der Waals surface area contributed by atoms with Gasteiger partial charge in [0.25, 0.3) is 0 Å². The maximum atomic E-state index is 11.8. The second-order valence-electron chi connectivity index (χ2n) is 3.26. The summed E-state index contributed by atoms with van der Waals surface area (Å²) in [6.07, 6.45) is 0. The standard InChI is InChI=1S/C11H14N2OS/c1-3-13-10-8-6-5-7-9(10)12-11(13)15(14)4-2/h5-8H,3-4H2,1-2H3. The van der Waals surface area contributed by atoms with Crippen LogP contribution >= 0.6 is 0 Å². The highest BCUT2D eigenvalue weighted by atomic mass is 32.2. The van der Waals surface area contributed by atoms with Crippen molar-refractivity contribution in [3.05, 3.63) is 24.3 Å². The first-order valence-corrected chi connectivity index (χ1v) is 6.43. The Kier molecular flexibility index (Phi) is 2.86. The number of imidazole rings is 1. The Morgan fingerprint density at radius 3 is 2.73 bits per heavy atom. The summed E-state index contributed by atoms with van der Waals surface area (Å²) in [5.74, 6) is 0.614. The van der Waals surface area contributed by atoms with E-state index in [0.29, 0.717) is 10.9 Å². The molecule has 2 aromatic rings. The molecule has 0 spiro atoms. The van der Waals surface area contributed by atoms with Crippen LogP contribution in [0.3, 0.4) is 0 Å². The lowest BCUT2D eigenvalue weighted by Crippen LogP contribution is -2.05. The van der Waals surface area contributed by atoms with Crippen molar-refractivity contribution in [1.29, 1.82) is 0 Å². The molecule has 0 saturated carbocycles. The van der Waals surface area contributed by atoms with Crippen LogP contribution in [0.15, 0.2) is 29.4 Å². The minimum atomic E-state index is -0.983. The van der Waals surface area contributed by atoms with Crippen molar-refractivity contribution < 1.29 is 4.21 Å². The molecule has 80 valence electrons.